The van der Waals surface area contributed by atoms with Gasteiger partial charge in [-0.3, -0.25) is 14.4 Å². The van der Waals surface area contributed by atoms with E-state index in [-0.39, 0.29) is 30.7 Å². The van der Waals surface area contributed by atoms with E-state index in [1.807, 2.05) is 6.92 Å². The molecule has 1 rings (SSSR count). The molecule has 6 heteroatoms. The number of carbonyl (C=O) groups is 3. The van der Waals surface area contributed by atoms with Crippen LogP contribution in [0, 0.1) is 5.41 Å². The molecule has 120 valence electrons. The van der Waals surface area contributed by atoms with E-state index in [1.165, 1.54) is 0 Å². The van der Waals surface area contributed by atoms with E-state index >= 15 is 0 Å². The Kier molecular flexibility index (Phi) is 6.18. The lowest BCUT2D eigenvalue weighted by molar-refractivity contribution is -0.141. The summed E-state index contributed by atoms with van der Waals surface area (Å²) in [7, 11) is 0. The van der Waals surface area contributed by atoms with Gasteiger partial charge in [0, 0.05) is 32.0 Å². The molecule has 1 fully saturated rings. The van der Waals surface area contributed by atoms with E-state index < -0.39 is 11.4 Å². The first-order chi connectivity index (χ1) is 9.73. The summed E-state index contributed by atoms with van der Waals surface area (Å²) in [6, 6.07) is 0.147. The van der Waals surface area contributed by atoms with Crippen LogP contribution in [0.3, 0.4) is 0 Å². The largest absolute Gasteiger partial charge is 0.481 e. The van der Waals surface area contributed by atoms with E-state index in [1.54, 1.807) is 18.7 Å². The van der Waals surface area contributed by atoms with Crippen LogP contribution < -0.4 is 5.32 Å². The molecule has 1 heterocycles. The molecule has 0 aromatic heterocycles. The molecular weight excluding hydrogens is 272 g/mol. The van der Waals surface area contributed by atoms with Crippen molar-refractivity contribution in [3.05, 3.63) is 0 Å². The van der Waals surface area contributed by atoms with Gasteiger partial charge in [-0.05, 0) is 18.3 Å². The van der Waals surface area contributed by atoms with Crippen LogP contribution >= 0.6 is 0 Å². The zero-order valence-electron chi connectivity index (χ0n) is 13.1. The third kappa shape index (κ3) is 6.14. The number of nitrogens with one attached hydrogen (secondary N) is 1. The molecule has 2 amide bonds. The summed E-state index contributed by atoms with van der Waals surface area (Å²) in [5.74, 6) is -0.835. The van der Waals surface area contributed by atoms with E-state index in [9.17, 15) is 14.4 Å². The van der Waals surface area contributed by atoms with E-state index in [0.717, 1.165) is 12.8 Å². The minimum absolute atomic E-state index is 0.00141. The predicted molar refractivity (Wildman–Crippen MR) is 78.7 cm³/mol. The number of carbonyl (C=O) groups excluding carboxylic acids is 2. The van der Waals surface area contributed by atoms with Gasteiger partial charge >= 0.3 is 5.97 Å². The maximum Gasteiger partial charge on any atom is 0.303 e. The Bertz CT molecular complexity index is 398. The number of piperidine rings is 1. The molecule has 0 aliphatic carbocycles. The number of carboxylic acids is 1. The van der Waals surface area contributed by atoms with E-state index in [4.69, 9.17) is 5.11 Å². The first-order valence-electron chi connectivity index (χ1n) is 7.52. The fourth-order valence-electron chi connectivity index (χ4n) is 2.60. The quantitative estimate of drug-likeness (QED) is 0.776. The van der Waals surface area contributed by atoms with Gasteiger partial charge in [-0.2, -0.15) is 0 Å². The van der Waals surface area contributed by atoms with Crippen LogP contribution in [-0.2, 0) is 14.4 Å². The average Bonchev–Trinajstić information content (AvgIpc) is 2.37. The zero-order valence-corrected chi connectivity index (χ0v) is 13.1. The summed E-state index contributed by atoms with van der Waals surface area (Å²) in [5, 5.41) is 11.8. The van der Waals surface area contributed by atoms with Crippen molar-refractivity contribution >= 4 is 17.8 Å². The molecule has 6 nitrogen and oxygen atoms in total. The number of rotatable bonds is 6. The van der Waals surface area contributed by atoms with Crippen molar-refractivity contribution in [1.29, 1.82) is 0 Å². The number of hydrogen-bond donors (Lipinski definition) is 2. The first kappa shape index (κ1) is 17.5. The summed E-state index contributed by atoms with van der Waals surface area (Å²) < 4.78 is 0. The molecule has 1 aliphatic heterocycles. The Balaban J connectivity index is 2.41. The summed E-state index contributed by atoms with van der Waals surface area (Å²) in [6.45, 7) is 6.66. The SMILES string of the molecule is CCC(=O)NC1CCN(C(=O)CC(C)(C)CC(=O)O)CC1. The van der Waals surface area contributed by atoms with Gasteiger partial charge in [0.25, 0.3) is 0 Å². The molecule has 2 N–H and O–H groups in total. The highest BCUT2D eigenvalue weighted by atomic mass is 16.4. The van der Waals surface area contributed by atoms with Crippen LogP contribution in [0.1, 0.15) is 52.9 Å². The third-order valence-corrected chi connectivity index (χ3v) is 3.79. The van der Waals surface area contributed by atoms with Gasteiger partial charge in [0.1, 0.15) is 0 Å². The first-order valence-corrected chi connectivity index (χ1v) is 7.52. The molecule has 21 heavy (non-hydrogen) atoms. The monoisotopic (exact) mass is 298 g/mol. The van der Waals surface area contributed by atoms with Crippen molar-refractivity contribution < 1.29 is 19.5 Å². The highest BCUT2D eigenvalue weighted by Gasteiger charge is 2.30. The van der Waals surface area contributed by atoms with Crippen molar-refractivity contribution in [3.8, 4) is 0 Å². The van der Waals surface area contributed by atoms with Crippen molar-refractivity contribution in [1.82, 2.24) is 10.2 Å². The van der Waals surface area contributed by atoms with Crippen LogP contribution in [0.5, 0.6) is 0 Å². The molecule has 0 unspecified atom stereocenters. The molecule has 0 atom stereocenters. The number of aliphatic carboxylic acids is 1. The van der Waals surface area contributed by atoms with Crippen molar-refractivity contribution in [2.45, 2.75) is 58.9 Å². The number of carboxylic acid groups (broad SMARTS) is 1. The van der Waals surface area contributed by atoms with Gasteiger partial charge in [0.05, 0.1) is 6.42 Å². The van der Waals surface area contributed by atoms with Crippen LogP contribution in [0.4, 0.5) is 0 Å². The molecule has 1 saturated heterocycles. The molecule has 0 radical (unpaired) electrons. The van der Waals surface area contributed by atoms with Gasteiger partial charge in [0.2, 0.25) is 11.8 Å². The number of amides is 2. The van der Waals surface area contributed by atoms with Crippen LogP contribution in [0.25, 0.3) is 0 Å². The molecule has 0 aromatic rings. The Morgan fingerprint density at radius 1 is 1.19 bits per heavy atom. The minimum atomic E-state index is -0.881. The second kappa shape index (κ2) is 7.43. The van der Waals surface area contributed by atoms with Gasteiger partial charge < -0.3 is 15.3 Å². The highest BCUT2D eigenvalue weighted by Crippen LogP contribution is 2.26. The highest BCUT2D eigenvalue weighted by molar-refractivity contribution is 5.78. The van der Waals surface area contributed by atoms with Crippen LogP contribution in [-0.4, -0.2) is 46.9 Å². The fraction of sp³-hybridized carbons (Fsp3) is 0.800. The Morgan fingerprint density at radius 3 is 2.24 bits per heavy atom. The normalized spacial score (nSPS) is 16.6. The lowest BCUT2D eigenvalue weighted by atomic mass is 9.85. The summed E-state index contributed by atoms with van der Waals surface area (Å²) in [6.07, 6.45) is 2.23. The lowest BCUT2D eigenvalue weighted by Gasteiger charge is -2.34. The molecular formula is C15H26N2O4. The fourth-order valence-corrected chi connectivity index (χ4v) is 2.60. The average molecular weight is 298 g/mol. The second-order valence-corrected chi connectivity index (χ2v) is 6.49. The Labute approximate surface area is 125 Å². The molecule has 0 aromatic carbocycles. The standard InChI is InChI=1S/C15H26N2O4/c1-4-12(18)16-11-5-7-17(8-6-11)13(19)9-15(2,3)10-14(20)21/h11H,4-10H2,1-3H3,(H,16,18)(H,20,21). The van der Waals surface area contributed by atoms with E-state index in [2.05, 4.69) is 5.32 Å². The van der Waals surface area contributed by atoms with Crippen molar-refractivity contribution in [2.75, 3.05) is 13.1 Å². The smallest absolute Gasteiger partial charge is 0.303 e. The summed E-state index contributed by atoms with van der Waals surface area (Å²) in [4.78, 5) is 36.1. The van der Waals surface area contributed by atoms with Gasteiger partial charge in [-0.25, -0.2) is 0 Å². The van der Waals surface area contributed by atoms with Gasteiger partial charge in [-0.15, -0.1) is 0 Å². The number of likely N-dealkylation sites (tertiary alicyclic amines) is 1. The third-order valence-electron chi connectivity index (χ3n) is 3.79. The molecule has 1 aliphatic rings. The van der Waals surface area contributed by atoms with Crippen molar-refractivity contribution in [3.63, 3.8) is 0 Å². The van der Waals surface area contributed by atoms with Crippen LogP contribution in [0.2, 0.25) is 0 Å². The summed E-state index contributed by atoms with van der Waals surface area (Å²) in [5.41, 5.74) is -0.532. The second-order valence-electron chi connectivity index (χ2n) is 6.49. The zero-order chi connectivity index (χ0) is 16.0. The molecule has 0 spiro atoms. The lowest BCUT2D eigenvalue weighted by Crippen LogP contribution is -2.47. The summed E-state index contributed by atoms with van der Waals surface area (Å²) >= 11 is 0. The Hall–Kier alpha value is -1.59. The predicted octanol–water partition coefficient (Wildman–Crippen LogP) is 1.39. The van der Waals surface area contributed by atoms with Crippen molar-refractivity contribution in [2.24, 2.45) is 5.41 Å². The maximum atomic E-state index is 12.2. The maximum absolute atomic E-state index is 12.2. The molecule has 0 bridgehead atoms. The van der Waals surface area contributed by atoms with E-state index in [0.29, 0.717) is 19.5 Å². The minimum Gasteiger partial charge on any atom is -0.481 e. The topological polar surface area (TPSA) is 86.7 Å². The van der Waals surface area contributed by atoms with Gasteiger partial charge in [0.15, 0.2) is 0 Å². The van der Waals surface area contributed by atoms with Crippen LogP contribution in [0.15, 0.2) is 0 Å². The number of nitrogens with zero attached hydrogens (tertiary/aromatic N) is 1. The molecule has 0 saturated carbocycles. The Morgan fingerprint density at radius 2 is 1.76 bits per heavy atom. The number of hydrogen-bond acceptors (Lipinski definition) is 3. The van der Waals surface area contributed by atoms with Gasteiger partial charge in [-0.1, -0.05) is 20.8 Å².